The largest absolute Gasteiger partial charge is 0.302 e. The van der Waals surface area contributed by atoms with Gasteiger partial charge in [0.15, 0.2) is 5.13 Å². The van der Waals surface area contributed by atoms with Crippen molar-refractivity contribution in [2.45, 2.75) is 50.3 Å². The van der Waals surface area contributed by atoms with Crippen LogP contribution in [-0.2, 0) is 27.7 Å². The minimum Gasteiger partial charge on any atom is -0.302 e. The fourth-order valence-electron chi connectivity index (χ4n) is 4.00. The second-order valence-corrected chi connectivity index (χ2v) is 10.8. The maximum absolute atomic E-state index is 13.1. The Morgan fingerprint density at radius 1 is 1.18 bits per heavy atom. The van der Waals surface area contributed by atoms with Crippen molar-refractivity contribution in [3.05, 3.63) is 40.4 Å². The summed E-state index contributed by atoms with van der Waals surface area (Å²) in [5.41, 5.74) is 2.44. The number of piperidine rings is 1. The molecule has 1 aromatic carbocycles. The van der Waals surface area contributed by atoms with Gasteiger partial charge in [0, 0.05) is 30.1 Å². The Hall–Kier alpha value is -1.77. The Bertz CT molecular complexity index is 976. The van der Waals surface area contributed by atoms with Crippen molar-refractivity contribution in [2.75, 3.05) is 18.4 Å². The van der Waals surface area contributed by atoms with Gasteiger partial charge in [0.05, 0.1) is 4.90 Å². The second-order valence-electron chi connectivity index (χ2n) is 7.58. The summed E-state index contributed by atoms with van der Waals surface area (Å²) in [6.45, 7) is 2.68. The molecule has 1 aliphatic heterocycles. The lowest BCUT2D eigenvalue weighted by atomic mass is 9.92. The molecule has 150 valence electrons. The first-order valence-electron chi connectivity index (χ1n) is 9.79. The van der Waals surface area contributed by atoms with Crippen LogP contribution in [0.15, 0.2) is 29.3 Å². The van der Waals surface area contributed by atoms with Crippen molar-refractivity contribution in [2.24, 2.45) is 5.92 Å². The van der Waals surface area contributed by atoms with Crippen LogP contribution >= 0.6 is 11.3 Å². The molecule has 0 bridgehead atoms. The predicted octanol–water partition coefficient (Wildman–Crippen LogP) is 3.37. The summed E-state index contributed by atoms with van der Waals surface area (Å²) in [6, 6.07) is 5.56. The minimum atomic E-state index is -3.51. The van der Waals surface area contributed by atoms with Gasteiger partial charge in [-0.1, -0.05) is 6.07 Å². The lowest BCUT2D eigenvalue weighted by molar-refractivity contribution is -0.120. The number of sulfonamides is 1. The second kappa shape index (κ2) is 7.93. The van der Waals surface area contributed by atoms with Crippen LogP contribution in [0.1, 0.15) is 41.7 Å². The number of aryl methyl sites for hydroxylation is 3. The Kier molecular flexibility index (Phi) is 5.53. The third kappa shape index (κ3) is 3.99. The maximum atomic E-state index is 13.1. The molecule has 0 radical (unpaired) electrons. The summed E-state index contributed by atoms with van der Waals surface area (Å²) in [4.78, 5) is 18.0. The van der Waals surface area contributed by atoms with Gasteiger partial charge >= 0.3 is 0 Å². The van der Waals surface area contributed by atoms with Crippen LogP contribution in [0.5, 0.6) is 0 Å². The molecule has 28 heavy (non-hydrogen) atoms. The number of carbonyl (C=O) groups excluding carboxylic acids is 1. The molecule has 0 atom stereocenters. The van der Waals surface area contributed by atoms with Crippen LogP contribution in [0.4, 0.5) is 5.13 Å². The van der Waals surface area contributed by atoms with Crippen LogP contribution in [-0.4, -0.2) is 36.7 Å². The summed E-state index contributed by atoms with van der Waals surface area (Å²) < 4.78 is 27.6. The highest BCUT2D eigenvalue weighted by Gasteiger charge is 2.32. The van der Waals surface area contributed by atoms with Gasteiger partial charge in [0.1, 0.15) is 0 Å². The Labute approximate surface area is 170 Å². The molecule has 0 spiro atoms. The molecule has 0 unspecified atom stereocenters. The molecule has 0 saturated carbocycles. The molecule has 2 heterocycles. The van der Waals surface area contributed by atoms with Crippen molar-refractivity contribution in [3.8, 4) is 0 Å². The third-order valence-electron chi connectivity index (χ3n) is 5.63. The minimum absolute atomic E-state index is 0.0693. The topological polar surface area (TPSA) is 79.4 Å². The van der Waals surface area contributed by atoms with E-state index in [1.165, 1.54) is 33.2 Å². The van der Waals surface area contributed by atoms with Gasteiger partial charge in [0.25, 0.3) is 0 Å². The van der Waals surface area contributed by atoms with Crippen LogP contribution in [0, 0.1) is 12.8 Å². The zero-order chi connectivity index (χ0) is 19.7. The van der Waals surface area contributed by atoms with E-state index in [-0.39, 0.29) is 11.8 Å². The van der Waals surface area contributed by atoms with Gasteiger partial charge < -0.3 is 5.32 Å². The number of carbonyl (C=O) groups is 1. The third-order valence-corrected chi connectivity index (χ3v) is 8.36. The Morgan fingerprint density at radius 2 is 1.89 bits per heavy atom. The SMILES string of the molecule is Cc1cnc(NC(=O)C2CCN(S(=O)(=O)c3ccc4c(c3)CCCC4)CC2)s1. The van der Waals surface area contributed by atoms with Crippen LogP contribution in [0.3, 0.4) is 0 Å². The monoisotopic (exact) mass is 419 g/mol. The first-order chi connectivity index (χ1) is 13.4. The molecule has 4 rings (SSSR count). The number of aromatic nitrogens is 1. The van der Waals surface area contributed by atoms with E-state index in [0.29, 0.717) is 36.0 Å². The zero-order valence-corrected chi connectivity index (χ0v) is 17.6. The van der Waals surface area contributed by atoms with E-state index < -0.39 is 10.0 Å². The van der Waals surface area contributed by atoms with Crippen LogP contribution < -0.4 is 5.32 Å². The summed E-state index contributed by atoms with van der Waals surface area (Å²) in [7, 11) is -3.51. The van der Waals surface area contributed by atoms with Crippen LogP contribution in [0.25, 0.3) is 0 Å². The van der Waals surface area contributed by atoms with E-state index in [1.807, 2.05) is 19.1 Å². The average molecular weight is 420 g/mol. The Morgan fingerprint density at radius 3 is 2.57 bits per heavy atom. The molecular formula is C20H25N3O3S2. The number of hydrogen-bond acceptors (Lipinski definition) is 5. The van der Waals surface area contributed by atoms with Gasteiger partial charge in [-0.05, 0) is 68.7 Å². The number of thiazole rings is 1. The van der Waals surface area contributed by atoms with Gasteiger partial charge in [-0.3, -0.25) is 4.79 Å². The van der Waals surface area contributed by atoms with Gasteiger partial charge in [-0.2, -0.15) is 4.31 Å². The molecule has 8 heteroatoms. The van der Waals surface area contributed by atoms with Crippen molar-refractivity contribution >= 4 is 32.4 Å². The van der Waals surface area contributed by atoms with Gasteiger partial charge in [0.2, 0.25) is 15.9 Å². The molecular weight excluding hydrogens is 394 g/mol. The molecule has 1 fully saturated rings. The van der Waals surface area contributed by atoms with Crippen molar-refractivity contribution < 1.29 is 13.2 Å². The summed E-state index contributed by atoms with van der Waals surface area (Å²) in [5, 5.41) is 3.46. The molecule has 1 N–H and O–H groups in total. The zero-order valence-electron chi connectivity index (χ0n) is 16.0. The molecule has 1 aliphatic carbocycles. The normalized spacial score (nSPS) is 18.6. The number of hydrogen-bond donors (Lipinski definition) is 1. The first-order valence-corrected chi connectivity index (χ1v) is 12.0. The quantitative estimate of drug-likeness (QED) is 0.824. The van der Waals surface area contributed by atoms with E-state index in [4.69, 9.17) is 0 Å². The Balaban J connectivity index is 1.40. The highest BCUT2D eigenvalue weighted by atomic mass is 32.2. The van der Waals surface area contributed by atoms with E-state index in [1.54, 1.807) is 12.3 Å². The molecule has 1 aromatic heterocycles. The molecule has 6 nitrogen and oxygen atoms in total. The summed E-state index contributed by atoms with van der Waals surface area (Å²) >= 11 is 1.44. The van der Waals surface area contributed by atoms with Crippen molar-refractivity contribution in [1.82, 2.24) is 9.29 Å². The highest BCUT2D eigenvalue weighted by Crippen LogP contribution is 2.29. The van der Waals surface area contributed by atoms with E-state index in [2.05, 4.69) is 10.3 Å². The predicted molar refractivity (Wildman–Crippen MR) is 110 cm³/mol. The smallest absolute Gasteiger partial charge is 0.243 e. The van der Waals surface area contributed by atoms with E-state index >= 15 is 0 Å². The standard InChI is InChI=1S/C20H25N3O3S2/c1-14-13-21-20(27-14)22-19(24)16-8-10-23(11-9-16)28(25,26)18-7-6-15-4-2-3-5-17(15)12-18/h6-7,12-13,16H,2-5,8-11H2,1H3,(H,21,22,24). The number of anilines is 1. The van der Waals surface area contributed by atoms with E-state index in [9.17, 15) is 13.2 Å². The average Bonchev–Trinajstić information content (AvgIpc) is 3.12. The number of rotatable bonds is 4. The van der Waals surface area contributed by atoms with E-state index in [0.717, 1.165) is 24.1 Å². The first kappa shape index (κ1) is 19.5. The lowest BCUT2D eigenvalue weighted by Crippen LogP contribution is -2.41. The lowest BCUT2D eigenvalue weighted by Gasteiger charge is -2.30. The van der Waals surface area contributed by atoms with Crippen LogP contribution in [0.2, 0.25) is 0 Å². The number of amides is 1. The van der Waals surface area contributed by atoms with Gasteiger partial charge in [-0.25, -0.2) is 13.4 Å². The van der Waals surface area contributed by atoms with Crippen molar-refractivity contribution in [1.29, 1.82) is 0 Å². The van der Waals surface area contributed by atoms with Crippen molar-refractivity contribution in [3.63, 3.8) is 0 Å². The fourth-order valence-corrected chi connectivity index (χ4v) is 6.19. The fraction of sp³-hybridized carbons (Fsp3) is 0.500. The molecule has 2 aromatic rings. The number of nitrogens with zero attached hydrogens (tertiary/aromatic N) is 2. The summed E-state index contributed by atoms with van der Waals surface area (Å²) in [5.74, 6) is -0.251. The summed E-state index contributed by atoms with van der Waals surface area (Å²) in [6.07, 6.45) is 7.07. The number of fused-ring (bicyclic) bond motifs is 1. The number of nitrogens with one attached hydrogen (secondary N) is 1. The number of benzene rings is 1. The molecule has 2 aliphatic rings. The maximum Gasteiger partial charge on any atom is 0.243 e. The molecule has 1 amide bonds. The molecule has 1 saturated heterocycles. The highest BCUT2D eigenvalue weighted by molar-refractivity contribution is 7.89. The van der Waals surface area contributed by atoms with Gasteiger partial charge in [-0.15, -0.1) is 11.3 Å².